The number of hydrogen-bond acceptors (Lipinski definition) is 2. The molecule has 1 aromatic heterocycles. The van der Waals surface area contributed by atoms with Crippen molar-refractivity contribution in [3.05, 3.63) is 19.2 Å². The zero-order valence-electron chi connectivity index (χ0n) is 7.90. The van der Waals surface area contributed by atoms with Crippen LogP contribution in [0.3, 0.4) is 0 Å². The molecule has 0 spiro atoms. The SMILES string of the molecule is CNC(c1cc(Br)c(Br)s1)C(C)C. The van der Waals surface area contributed by atoms with Gasteiger partial charge in [0.2, 0.25) is 0 Å². The predicted octanol–water partition coefficient (Wildman–Crippen LogP) is 4.19. The summed E-state index contributed by atoms with van der Waals surface area (Å²) < 4.78 is 2.32. The van der Waals surface area contributed by atoms with Crippen molar-refractivity contribution >= 4 is 43.2 Å². The van der Waals surface area contributed by atoms with Gasteiger partial charge in [-0.3, -0.25) is 0 Å². The molecule has 1 heterocycles. The first-order valence-electron chi connectivity index (χ1n) is 4.18. The highest BCUT2D eigenvalue weighted by Gasteiger charge is 2.16. The van der Waals surface area contributed by atoms with E-state index in [9.17, 15) is 0 Å². The molecule has 0 fully saturated rings. The van der Waals surface area contributed by atoms with Crippen LogP contribution < -0.4 is 5.32 Å². The highest BCUT2D eigenvalue weighted by molar-refractivity contribution is 9.13. The number of nitrogens with one attached hydrogen (secondary N) is 1. The molecule has 1 N–H and O–H groups in total. The van der Waals surface area contributed by atoms with Crippen molar-refractivity contribution in [2.24, 2.45) is 5.92 Å². The van der Waals surface area contributed by atoms with E-state index in [1.807, 2.05) is 7.05 Å². The lowest BCUT2D eigenvalue weighted by atomic mass is 10.0. The molecule has 0 aliphatic heterocycles. The third kappa shape index (κ3) is 2.78. The van der Waals surface area contributed by atoms with Gasteiger partial charge in [-0.2, -0.15) is 0 Å². The van der Waals surface area contributed by atoms with Crippen molar-refractivity contribution in [1.29, 1.82) is 0 Å². The number of rotatable bonds is 3. The van der Waals surface area contributed by atoms with Crippen LogP contribution in [0.25, 0.3) is 0 Å². The Balaban J connectivity index is 2.92. The maximum Gasteiger partial charge on any atom is 0.0843 e. The fourth-order valence-corrected chi connectivity index (χ4v) is 3.69. The first kappa shape index (κ1) is 11.7. The molecule has 74 valence electrons. The summed E-state index contributed by atoms with van der Waals surface area (Å²) in [6, 6.07) is 2.63. The smallest absolute Gasteiger partial charge is 0.0843 e. The van der Waals surface area contributed by atoms with Gasteiger partial charge in [0.1, 0.15) is 0 Å². The molecule has 0 bridgehead atoms. The van der Waals surface area contributed by atoms with E-state index in [1.165, 1.54) is 8.66 Å². The molecule has 0 radical (unpaired) electrons. The molecule has 1 rings (SSSR count). The van der Waals surface area contributed by atoms with Gasteiger partial charge in [0.15, 0.2) is 0 Å². The minimum absolute atomic E-state index is 0.451. The Bertz CT molecular complexity index is 264. The van der Waals surface area contributed by atoms with E-state index in [-0.39, 0.29) is 0 Å². The minimum Gasteiger partial charge on any atom is -0.312 e. The highest BCUT2D eigenvalue weighted by Crippen LogP contribution is 2.37. The number of thiophene rings is 1. The van der Waals surface area contributed by atoms with E-state index in [1.54, 1.807) is 11.3 Å². The van der Waals surface area contributed by atoms with E-state index >= 15 is 0 Å². The van der Waals surface area contributed by atoms with Crippen LogP contribution in [0, 0.1) is 5.92 Å². The van der Waals surface area contributed by atoms with Gasteiger partial charge in [-0.15, -0.1) is 11.3 Å². The van der Waals surface area contributed by atoms with Crippen molar-refractivity contribution in [1.82, 2.24) is 5.32 Å². The largest absolute Gasteiger partial charge is 0.312 e. The van der Waals surface area contributed by atoms with Crippen LogP contribution in [0.1, 0.15) is 24.8 Å². The maximum absolute atomic E-state index is 3.51. The molecule has 4 heteroatoms. The second-order valence-corrected chi connectivity index (χ2v) is 6.54. The van der Waals surface area contributed by atoms with Gasteiger partial charge >= 0.3 is 0 Å². The Labute approximate surface area is 100 Å². The summed E-state index contributed by atoms with van der Waals surface area (Å²) in [5.74, 6) is 0.613. The van der Waals surface area contributed by atoms with Crippen LogP contribution in [0.15, 0.2) is 14.3 Å². The number of hydrogen-bond donors (Lipinski definition) is 1. The van der Waals surface area contributed by atoms with Gasteiger partial charge in [0, 0.05) is 15.4 Å². The Morgan fingerprint density at radius 3 is 2.31 bits per heavy atom. The Morgan fingerprint density at radius 2 is 2.00 bits per heavy atom. The summed E-state index contributed by atoms with van der Waals surface area (Å²) in [4.78, 5) is 1.37. The summed E-state index contributed by atoms with van der Waals surface area (Å²) in [5, 5.41) is 3.33. The van der Waals surface area contributed by atoms with Crippen LogP contribution in [0.2, 0.25) is 0 Å². The van der Waals surface area contributed by atoms with E-state index in [0.29, 0.717) is 12.0 Å². The van der Waals surface area contributed by atoms with Gasteiger partial charge < -0.3 is 5.32 Å². The molecule has 0 aliphatic rings. The van der Waals surface area contributed by atoms with E-state index < -0.39 is 0 Å². The molecule has 1 atom stereocenters. The molecule has 0 amide bonds. The lowest BCUT2D eigenvalue weighted by molar-refractivity contribution is 0.449. The van der Waals surface area contributed by atoms with Gasteiger partial charge in [0.25, 0.3) is 0 Å². The van der Waals surface area contributed by atoms with Crippen LogP contribution in [-0.2, 0) is 0 Å². The minimum atomic E-state index is 0.451. The van der Waals surface area contributed by atoms with Crippen molar-refractivity contribution in [2.45, 2.75) is 19.9 Å². The Hall–Kier alpha value is 0.620. The summed E-state index contributed by atoms with van der Waals surface area (Å²) in [6.45, 7) is 4.45. The Morgan fingerprint density at radius 1 is 1.38 bits per heavy atom. The second kappa shape index (κ2) is 4.91. The predicted molar refractivity (Wildman–Crippen MR) is 66.4 cm³/mol. The van der Waals surface area contributed by atoms with Gasteiger partial charge in [-0.05, 0) is 50.9 Å². The average molecular weight is 327 g/mol. The normalized spacial score (nSPS) is 13.7. The van der Waals surface area contributed by atoms with Crippen LogP contribution in [0.4, 0.5) is 0 Å². The summed E-state index contributed by atoms with van der Waals surface area (Å²) >= 11 is 8.79. The molecular weight excluding hydrogens is 314 g/mol. The monoisotopic (exact) mass is 325 g/mol. The lowest BCUT2D eigenvalue weighted by Gasteiger charge is -2.18. The quantitative estimate of drug-likeness (QED) is 0.878. The van der Waals surface area contributed by atoms with Crippen molar-refractivity contribution in [3.8, 4) is 0 Å². The molecule has 0 saturated heterocycles. The van der Waals surface area contributed by atoms with Gasteiger partial charge in [-0.1, -0.05) is 13.8 Å². The molecule has 13 heavy (non-hydrogen) atoms. The number of halogens is 2. The van der Waals surface area contributed by atoms with E-state index in [0.717, 1.165) is 4.47 Å². The third-order valence-electron chi connectivity index (χ3n) is 1.95. The molecule has 1 unspecified atom stereocenters. The summed E-state index contributed by atoms with van der Waals surface area (Å²) in [6.07, 6.45) is 0. The zero-order valence-corrected chi connectivity index (χ0v) is 11.9. The van der Waals surface area contributed by atoms with E-state index in [2.05, 4.69) is 57.1 Å². The maximum atomic E-state index is 3.51. The standard InChI is InChI=1S/C9H13Br2NS/c1-5(2)8(12-3)7-4-6(10)9(11)13-7/h4-5,8,12H,1-3H3. The van der Waals surface area contributed by atoms with Gasteiger partial charge in [0.05, 0.1) is 3.79 Å². The van der Waals surface area contributed by atoms with Crippen molar-refractivity contribution in [3.63, 3.8) is 0 Å². The first-order valence-corrected chi connectivity index (χ1v) is 6.58. The van der Waals surface area contributed by atoms with Crippen molar-refractivity contribution in [2.75, 3.05) is 7.05 Å². The topological polar surface area (TPSA) is 12.0 Å². The first-order chi connectivity index (χ1) is 6.06. The molecule has 0 aromatic carbocycles. The van der Waals surface area contributed by atoms with Crippen molar-refractivity contribution < 1.29 is 0 Å². The zero-order chi connectivity index (χ0) is 10.0. The molecular formula is C9H13Br2NS. The molecule has 0 saturated carbocycles. The van der Waals surface area contributed by atoms with Crippen LogP contribution in [0.5, 0.6) is 0 Å². The third-order valence-corrected chi connectivity index (χ3v) is 5.29. The summed E-state index contributed by atoms with van der Waals surface area (Å²) in [5.41, 5.74) is 0. The highest BCUT2D eigenvalue weighted by atomic mass is 79.9. The fourth-order valence-electron chi connectivity index (χ4n) is 1.32. The van der Waals surface area contributed by atoms with Crippen LogP contribution >= 0.6 is 43.2 Å². The van der Waals surface area contributed by atoms with E-state index in [4.69, 9.17) is 0 Å². The van der Waals surface area contributed by atoms with Crippen LogP contribution in [-0.4, -0.2) is 7.05 Å². The lowest BCUT2D eigenvalue weighted by Crippen LogP contribution is -2.20. The fraction of sp³-hybridized carbons (Fsp3) is 0.556. The second-order valence-electron chi connectivity index (χ2n) is 3.28. The van der Waals surface area contributed by atoms with Gasteiger partial charge in [-0.25, -0.2) is 0 Å². The molecule has 1 aromatic rings. The molecule has 1 nitrogen and oxygen atoms in total. The average Bonchev–Trinajstić information content (AvgIpc) is 2.32. The summed E-state index contributed by atoms with van der Waals surface area (Å²) in [7, 11) is 2.01. The molecule has 0 aliphatic carbocycles. The Kier molecular flexibility index (Phi) is 4.42.